The number of benzene rings is 1. The first-order valence-electron chi connectivity index (χ1n) is 6.80. The number of halogens is 1. The Morgan fingerprint density at radius 1 is 1.30 bits per heavy atom. The number of nitrogens with one attached hydrogen (secondary N) is 1. The van der Waals surface area contributed by atoms with Crippen molar-refractivity contribution in [1.82, 2.24) is 4.72 Å². The van der Waals surface area contributed by atoms with Gasteiger partial charge in [-0.1, -0.05) is 13.3 Å². The minimum atomic E-state index is -4.41. The van der Waals surface area contributed by atoms with Crippen LogP contribution in [-0.2, 0) is 14.8 Å². The monoisotopic (exact) mass is 349 g/mol. The summed E-state index contributed by atoms with van der Waals surface area (Å²) in [6, 6.07) is 1.82. The van der Waals surface area contributed by atoms with Gasteiger partial charge >= 0.3 is 5.97 Å². The molecule has 23 heavy (non-hydrogen) atoms. The fraction of sp³-hybridized carbons (Fsp3) is 0.500. The maximum atomic E-state index is 14.1. The maximum absolute atomic E-state index is 14.1. The van der Waals surface area contributed by atoms with E-state index in [9.17, 15) is 22.7 Å². The summed E-state index contributed by atoms with van der Waals surface area (Å²) in [4.78, 5) is 10.7. The van der Waals surface area contributed by atoms with Crippen LogP contribution >= 0.6 is 0 Å². The fourth-order valence-corrected chi connectivity index (χ4v) is 3.56. The van der Waals surface area contributed by atoms with Crippen LogP contribution in [0.25, 0.3) is 0 Å². The van der Waals surface area contributed by atoms with Crippen LogP contribution in [0.1, 0.15) is 26.7 Å². The van der Waals surface area contributed by atoms with Gasteiger partial charge in [-0.3, -0.25) is 4.79 Å². The van der Waals surface area contributed by atoms with E-state index in [0.717, 1.165) is 12.1 Å². The summed E-state index contributed by atoms with van der Waals surface area (Å²) in [5, 5.41) is 9.26. The molecule has 0 radical (unpaired) electrons. The van der Waals surface area contributed by atoms with E-state index in [4.69, 9.17) is 9.47 Å². The molecule has 0 aliphatic rings. The van der Waals surface area contributed by atoms with Crippen molar-refractivity contribution in [2.24, 2.45) is 0 Å². The van der Waals surface area contributed by atoms with E-state index in [1.165, 1.54) is 21.1 Å². The molecule has 1 atom stereocenters. The van der Waals surface area contributed by atoms with Gasteiger partial charge in [0.1, 0.15) is 16.3 Å². The molecule has 9 heteroatoms. The second-order valence-electron chi connectivity index (χ2n) is 5.13. The van der Waals surface area contributed by atoms with E-state index in [1.807, 2.05) is 0 Å². The van der Waals surface area contributed by atoms with E-state index in [0.29, 0.717) is 6.42 Å². The Morgan fingerprint density at radius 2 is 1.83 bits per heavy atom. The topological polar surface area (TPSA) is 102 Å². The van der Waals surface area contributed by atoms with Crippen molar-refractivity contribution in [3.8, 4) is 11.5 Å². The molecule has 0 saturated carbocycles. The molecule has 0 aliphatic carbocycles. The van der Waals surface area contributed by atoms with Crippen molar-refractivity contribution >= 4 is 16.0 Å². The number of carboxylic acid groups (broad SMARTS) is 1. The molecule has 0 aliphatic heterocycles. The largest absolute Gasteiger partial charge is 0.493 e. The third kappa shape index (κ3) is 4.11. The van der Waals surface area contributed by atoms with Crippen molar-refractivity contribution in [3.05, 3.63) is 17.9 Å². The number of methoxy groups -OCH3 is 2. The van der Waals surface area contributed by atoms with Gasteiger partial charge in [-0.15, -0.1) is 0 Å². The van der Waals surface area contributed by atoms with Gasteiger partial charge in [0.25, 0.3) is 0 Å². The lowest BCUT2D eigenvalue weighted by Crippen LogP contribution is -2.52. The molecule has 2 N–H and O–H groups in total. The zero-order chi connectivity index (χ0) is 17.8. The predicted octanol–water partition coefficient (Wildman–Crippen LogP) is 1.76. The summed E-state index contributed by atoms with van der Waals surface area (Å²) >= 11 is 0. The van der Waals surface area contributed by atoms with E-state index >= 15 is 0 Å². The van der Waals surface area contributed by atoms with Gasteiger partial charge in [-0.25, -0.2) is 12.8 Å². The zero-order valence-electron chi connectivity index (χ0n) is 13.3. The number of sulfonamides is 1. The lowest BCUT2D eigenvalue weighted by molar-refractivity contribution is -0.143. The van der Waals surface area contributed by atoms with Crippen LogP contribution in [0.2, 0.25) is 0 Å². The summed E-state index contributed by atoms with van der Waals surface area (Å²) in [7, 11) is -1.85. The first kappa shape index (κ1) is 19.2. The molecule has 130 valence electrons. The molecule has 1 aromatic carbocycles. The van der Waals surface area contributed by atoms with Crippen molar-refractivity contribution in [3.63, 3.8) is 0 Å². The first-order chi connectivity index (χ1) is 10.6. The summed E-state index contributed by atoms with van der Waals surface area (Å²) in [5.74, 6) is -2.37. The number of ether oxygens (including phenoxy) is 2. The normalized spacial score (nSPS) is 14.1. The highest BCUT2D eigenvalue weighted by molar-refractivity contribution is 7.89. The van der Waals surface area contributed by atoms with Crippen molar-refractivity contribution in [2.45, 2.75) is 37.1 Å². The molecule has 0 spiro atoms. The summed E-state index contributed by atoms with van der Waals surface area (Å²) < 4.78 is 50.8. The minimum absolute atomic E-state index is 0.0156. The highest BCUT2D eigenvalue weighted by Crippen LogP contribution is 2.32. The number of carboxylic acids is 1. The molecule has 1 rings (SSSR count). The molecule has 0 amide bonds. The second-order valence-corrected chi connectivity index (χ2v) is 6.78. The van der Waals surface area contributed by atoms with Gasteiger partial charge in [0.15, 0.2) is 11.5 Å². The highest BCUT2D eigenvalue weighted by Gasteiger charge is 2.38. The standard InChI is InChI=1S/C14H20FNO6S/c1-5-6-14(2,13(17)18)16-23(19,20)12-8-11(22-4)10(21-3)7-9(12)15/h7-8,16H,5-6H2,1-4H3,(H,17,18). The fourth-order valence-electron chi connectivity index (χ4n) is 2.09. The molecular formula is C14H20FNO6S. The van der Waals surface area contributed by atoms with Crippen LogP contribution < -0.4 is 14.2 Å². The average molecular weight is 349 g/mol. The quantitative estimate of drug-likeness (QED) is 0.741. The van der Waals surface area contributed by atoms with Gasteiger partial charge in [0.05, 0.1) is 14.2 Å². The Morgan fingerprint density at radius 3 is 2.26 bits per heavy atom. The van der Waals surface area contributed by atoms with Crippen LogP contribution in [0, 0.1) is 5.82 Å². The van der Waals surface area contributed by atoms with Gasteiger partial charge in [0, 0.05) is 12.1 Å². The number of aliphatic carboxylic acids is 1. The van der Waals surface area contributed by atoms with Crippen LogP contribution in [-0.4, -0.2) is 39.3 Å². The van der Waals surface area contributed by atoms with Gasteiger partial charge in [0.2, 0.25) is 10.0 Å². The molecule has 0 aromatic heterocycles. The molecule has 0 saturated heterocycles. The van der Waals surface area contributed by atoms with E-state index in [2.05, 4.69) is 4.72 Å². The highest BCUT2D eigenvalue weighted by atomic mass is 32.2. The summed E-state index contributed by atoms with van der Waals surface area (Å²) in [6.07, 6.45) is 0.482. The molecule has 1 unspecified atom stereocenters. The number of hydrogen-bond donors (Lipinski definition) is 2. The first-order valence-corrected chi connectivity index (χ1v) is 8.28. The van der Waals surface area contributed by atoms with Crippen molar-refractivity contribution < 1.29 is 32.2 Å². The Balaban J connectivity index is 3.36. The van der Waals surface area contributed by atoms with Gasteiger partial charge in [-0.05, 0) is 13.3 Å². The predicted molar refractivity (Wildman–Crippen MR) is 80.8 cm³/mol. The maximum Gasteiger partial charge on any atom is 0.324 e. The summed E-state index contributed by atoms with van der Waals surface area (Å²) in [5.41, 5.74) is -1.74. The van der Waals surface area contributed by atoms with E-state index < -0.39 is 32.2 Å². The second kappa shape index (κ2) is 7.14. The van der Waals surface area contributed by atoms with Gasteiger partial charge in [-0.2, -0.15) is 4.72 Å². The molecule has 0 fully saturated rings. The van der Waals surface area contributed by atoms with Crippen LogP contribution in [0.3, 0.4) is 0 Å². The Hall–Kier alpha value is -1.87. The number of carbonyl (C=O) groups is 1. The average Bonchev–Trinajstić information content (AvgIpc) is 2.46. The molecule has 1 aromatic rings. The van der Waals surface area contributed by atoms with E-state index in [1.54, 1.807) is 6.92 Å². The lowest BCUT2D eigenvalue weighted by atomic mass is 9.98. The van der Waals surface area contributed by atoms with Crippen LogP contribution in [0.4, 0.5) is 4.39 Å². The molecule has 0 heterocycles. The third-order valence-corrected chi connectivity index (χ3v) is 4.92. The van der Waals surface area contributed by atoms with Crippen molar-refractivity contribution in [1.29, 1.82) is 0 Å². The number of rotatable bonds is 8. The zero-order valence-corrected chi connectivity index (χ0v) is 14.2. The Kier molecular flexibility index (Phi) is 5.95. The van der Waals surface area contributed by atoms with Crippen molar-refractivity contribution in [2.75, 3.05) is 14.2 Å². The number of hydrogen-bond acceptors (Lipinski definition) is 5. The Labute approximate surface area is 134 Å². The molecule has 7 nitrogen and oxygen atoms in total. The Bertz CT molecular complexity index is 691. The SMILES string of the molecule is CCCC(C)(NS(=O)(=O)c1cc(OC)c(OC)cc1F)C(=O)O. The third-order valence-electron chi connectivity index (χ3n) is 3.31. The smallest absolute Gasteiger partial charge is 0.324 e. The lowest BCUT2D eigenvalue weighted by Gasteiger charge is -2.25. The molecular weight excluding hydrogens is 329 g/mol. The van der Waals surface area contributed by atoms with Crippen LogP contribution in [0.15, 0.2) is 17.0 Å². The van der Waals surface area contributed by atoms with E-state index in [-0.39, 0.29) is 17.9 Å². The minimum Gasteiger partial charge on any atom is -0.493 e. The van der Waals surface area contributed by atoms with Crippen LogP contribution in [0.5, 0.6) is 11.5 Å². The summed E-state index contributed by atoms with van der Waals surface area (Å²) in [6.45, 7) is 2.95. The van der Waals surface area contributed by atoms with Gasteiger partial charge < -0.3 is 14.6 Å². The molecule has 0 bridgehead atoms.